The molecule has 0 aliphatic heterocycles. The van der Waals surface area contributed by atoms with Gasteiger partial charge in [0.2, 0.25) is 0 Å². The Balaban J connectivity index is 2.20. The zero-order chi connectivity index (χ0) is 15.4. The molecule has 2 N–H and O–H groups in total. The monoisotopic (exact) mass is 305 g/mol. The maximum atomic E-state index is 12.3. The number of carbonyl (C=O) groups is 2. The van der Waals surface area contributed by atoms with Crippen molar-refractivity contribution in [3.63, 3.8) is 0 Å². The summed E-state index contributed by atoms with van der Waals surface area (Å²) in [6, 6.07) is 6.56. The van der Waals surface area contributed by atoms with E-state index in [0.717, 1.165) is 10.4 Å². The summed E-state index contributed by atoms with van der Waals surface area (Å²) in [5.74, 6) is -1.08. The molecule has 110 valence electrons. The average Bonchev–Trinajstić information content (AvgIpc) is 2.82. The first-order valence-electron chi connectivity index (χ1n) is 6.25. The predicted octanol–water partition coefficient (Wildman–Crippen LogP) is 2.88. The van der Waals surface area contributed by atoms with Crippen molar-refractivity contribution < 1.29 is 14.7 Å². The maximum absolute atomic E-state index is 12.3. The summed E-state index contributed by atoms with van der Waals surface area (Å²) < 4.78 is 0. The number of benzene rings is 1. The molecule has 1 aromatic heterocycles. The number of anilines is 2. The number of nitrogens with zero attached hydrogens (tertiary/aromatic N) is 2. The number of hydrogen-bond donors (Lipinski definition) is 2. The molecule has 2 rings (SSSR count). The molecule has 0 unspecified atom stereocenters. The molecule has 21 heavy (non-hydrogen) atoms. The summed E-state index contributed by atoms with van der Waals surface area (Å²) in [6.45, 7) is 3.38. The second-order valence-electron chi connectivity index (χ2n) is 4.52. The third kappa shape index (κ3) is 4.03. The highest BCUT2D eigenvalue weighted by Gasteiger charge is 2.19. The fourth-order valence-corrected chi connectivity index (χ4v) is 2.37. The van der Waals surface area contributed by atoms with Gasteiger partial charge in [-0.25, -0.2) is 9.78 Å². The Morgan fingerprint density at radius 3 is 2.48 bits per heavy atom. The number of carbonyl (C=O) groups excluding carboxylic acids is 1. The van der Waals surface area contributed by atoms with E-state index in [0.29, 0.717) is 10.8 Å². The summed E-state index contributed by atoms with van der Waals surface area (Å²) in [7, 11) is 0. The third-order valence-corrected chi connectivity index (χ3v) is 3.55. The number of thiazole rings is 1. The molecule has 0 atom stereocenters. The Hall–Kier alpha value is -2.41. The van der Waals surface area contributed by atoms with Crippen LogP contribution in [0.4, 0.5) is 15.6 Å². The molecule has 0 fully saturated rings. The van der Waals surface area contributed by atoms with Gasteiger partial charge in [-0.15, -0.1) is 11.3 Å². The number of amides is 2. The van der Waals surface area contributed by atoms with E-state index in [2.05, 4.69) is 10.3 Å². The van der Waals surface area contributed by atoms with Crippen molar-refractivity contribution in [1.82, 2.24) is 4.98 Å². The first-order chi connectivity index (χ1) is 9.95. The minimum atomic E-state index is -1.08. The van der Waals surface area contributed by atoms with Crippen LogP contribution in [0.1, 0.15) is 10.4 Å². The van der Waals surface area contributed by atoms with E-state index in [1.54, 1.807) is 18.3 Å². The van der Waals surface area contributed by atoms with Crippen LogP contribution in [0, 0.1) is 13.8 Å². The van der Waals surface area contributed by atoms with Gasteiger partial charge in [-0.1, -0.05) is 17.7 Å². The minimum absolute atomic E-state index is 0.417. The van der Waals surface area contributed by atoms with Crippen molar-refractivity contribution in [2.75, 3.05) is 16.8 Å². The summed E-state index contributed by atoms with van der Waals surface area (Å²) in [5.41, 5.74) is 1.55. The van der Waals surface area contributed by atoms with E-state index >= 15 is 0 Å². The molecule has 7 heteroatoms. The molecule has 0 spiro atoms. The van der Waals surface area contributed by atoms with Crippen LogP contribution in [-0.2, 0) is 4.79 Å². The van der Waals surface area contributed by atoms with Crippen LogP contribution in [0.5, 0.6) is 0 Å². The van der Waals surface area contributed by atoms with Crippen LogP contribution in [0.25, 0.3) is 0 Å². The number of hydrogen-bond acceptors (Lipinski definition) is 4. The second kappa shape index (κ2) is 6.36. The second-order valence-corrected chi connectivity index (χ2v) is 5.76. The molecule has 0 aliphatic rings. The maximum Gasteiger partial charge on any atom is 0.328 e. The average molecular weight is 305 g/mol. The molecule has 0 radical (unpaired) electrons. The zero-order valence-corrected chi connectivity index (χ0v) is 12.5. The number of aliphatic carboxylic acids is 1. The Kier molecular flexibility index (Phi) is 4.54. The molecule has 0 bridgehead atoms. The van der Waals surface area contributed by atoms with E-state index in [-0.39, 0.29) is 0 Å². The number of nitrogens with one attached hydrogen (secondary N) is 1. The zero-order valence-electron chi connectivity index (χ0n) is 11.7. The topological polar surface area (TPSA) is 82.5 Å². The van der Waals surface area contributed by atoms with Gasteiger partial charge in [0.05, 0.1) is 0 Å². The fourth-order valence-electron chi connectivity index (χ4n) is 1.71. The van der Waals surface area contributed by atoms with E-state index in [9.17, 15) is 9.59 Å². The quantitative estimate of drug-likeness (QED) is 0.910. The van der Waals surface area contributed by atoms with Gasteiger partial charge < -0.3 is 5.11 Å². The van der Waals surface area contributed by atoms with Crippen molar-refractivity contribution in [3.8, 4) is 0 Å². The molecule has 0 aliphatic carbocycles. The standard InChI is InChI=1S/C14H15N3O3S/c1-9-3-5-11(6-4-9)17(8-12(18)19)14(20)16-13-15-7-10(2)21-13/h3-7H,8H2,1-2H3,(H,18,19)(H,15,16,20). The van der Waals surface area contributed by atoms with E-state index in [1.807, 2.05) is 26.0 Å². The minimum Gasteiger partial charge on any atom is -0.480 e. The van der Waals surface area contributed by atoms with Gasteiger partial charge in [-0.05, 0) is 26.0 Å². The molecule has 6 nitrogen and oxygen atoms in total. The molecular formula is C14H15N3O3S. The fraction of sp³-hybridized carbons (Fsp3) is 0.214. The molecule has 0 saturated heterocycles. The number of carboxylic acid groups (broad SMARTS) is 1. The van der Waals surface area contributed by atoms with Crippen LogP contribution in [0.15, 0.2) is 30.5 Å². The van der Waals surface area contributed by atoms with E-state index in [4.69, 9.17) is 5.11 Å². The van der Waals surface area contributed by atoms with E-state index in [1.165, 1.54) is 16.2 Å². The van der Waals surface area contributed by atoms with Crippen LogP contribution in [0.3, 0.4) is 0 Å². The Labute approximate surface area is 126 Å². The first kappa shape index (κ1) is 15.0. The van der Waals surface area contributed by atoms with Crippen LogP contribution < -0.4 is 10.2 Å². The SMILES string of the molecule is Cc1ccc(N(CC(=O)O)C(=O)Nc2ncc(C)s2)cc1. The van der Waals surface area contributed by atoms with E-state index < -0.39 is 18.5 Å². The smallest absolute Gasteiger partial charge is 0.328 e. The Morgan fingerprint density at radius 2 is 1.95 bits per heavy atom. The lowest BCUT2D eigenvalue weighted by Gasteiger charge is -2.20. The number of carboxylic acids is 1. The molecule has 0 saturated carbocycles. The van der Waals surface area contributed by atoms with Crippen LogP contribution in [0.2, 0.25) is 0 Å². The van der Waals surface area contributed by atoms with Crippen molar-refractivity contribution in [3.05, 3.63) is 40.9 Å². The number of urea groups is 1. The molecule has 2 amide bonds. The van der Waals surface area contributed by atoms with Gasteiger partial charge in [0.1, 0.15) is 6.54 Å². The van der Waals surface area contributed by atoms with Gasteiger partial charge in [-0.2, -0.15) is 0 Å². The largest absolute Gasteiger partial charge is 0.480 e. The van der Waals surface area contributed by atoms with Crippen LogP contribution >= 0.6 is 11.3 Å². The van der Waals surface area contributed by atoms with Gasteiger partial charge in [0, 0.05) is 16.8 Å². The van der Waals surface area contributed by atoms with Crippen molar-refractivity contribution in [2.45, 2.75) is 13.8 Å². The Morgan fingerprint density at radius 1 is 1.29 bits per heavy atom. The lowest BCUT2D eigenvalue weighted by atomic mass is 10.2. The highest BCUT2D eigenvalue weighted by atomic mass is 32.1. The summed E-state index contributed by atoms with van der Waals surface area (Å²) in [5, 5.41) is 12.0. The number of aromatic nitrogens is 1. The van der Waals surface area contributed by atoms with Crippen molar-refractivity contribution in [1.29, 1.82) is 0 Å². The molecule has 1 aromatic carbocycles. The molecular weight excluding hydrogens is 290 g/mol. The molecule has 2 aromatic rings. The summed E-state index contributed by atoms with van der Waals surface area (Å²) in [6.07, 6.45) is 1.65. The van der Waals surface area contributed by atoms with Crippen molar-refractivity contribution in [2.24, 2.45) is 0 Å². The van der Waals surface area contributed by atoms with Gasteiger partial charge >= 0.3 is 12.0 Å². The molecule has 1 heterocycles. The lowest BCUT2D eigenvalue weighted by molar-refractivity contribution is -0.135. The normalized spacial score (nSPS) is 10.2. The highest BCUT2D eigenvalue weighted by molar-refractivity contribution is 7.15. The third-order valence-electron chi connectivity index (χ3n) is 2.72. The highest BCUT2D eigenvalue weighted by Crippen LogP contribution is 2.20. The van der Waals surface area contributed by atoms with Gasteiger partial charge in [-0.3, -0.25) is 15.0 Å². The Bertz CT molecular complexity index is 652. The van der Waals surface area contributed by atoms with Crippen LogP contribution in [-0.4, -0.2) is 28.6 Å². The number of rotatable bonds is 4. The summed E-state index contributed by atoms with van der Waals surface area (Å²) in [4.78, 5) is 29.4. The van der Waals surface area contributed by atoms with Crippen molar-refractivity contribution >= 4 is 34.2 Å². The van der Waals surface area contributed by atoms with Gasteiger partial charge in [0.15, 0.2) is 5.13 Å². The summed E-state index contributed by atoms with van der Waals surface area (Å²) >= 11 is 1.33. The predicted molar refractivity (Wildman–Crippen MR) is 82.0 cm³/mol. The first-order valence-corrected chi connectivity index (χ1v) is 7.07. The lowest BCUT2D eigenvalue weighted by Crippen LogP contribution is -2.38. The van der Waals surface area contributed by atoms with Gasteiger partial charge in [0.25, 0.3) is 0 Å². The number of aryl methyl sites for hydroxylation is 2.